The van der Waals surface area contributed by atoms with Gasteiger partial charge in [0, 0.05) is 33.3 Å². The minimum absolute atomic E-state index is 0.00372. The second kappa shape index (κ2) is 11.6. The third kappa shape index (κ3) is 6.95. The Morgan fingerprint density at radius 2 is 1.97 bits per heavy atom. The molecule has 0 aliphatic carbocycles. The van der Waals surface area contributed by atoms with Gasteiger partial charge in [0.2, 0.25) is 5.28 Å². The third-order valence-corrected chi connectivity index (χ3v) is 8.21. The van der Waals surface area contributed by atoms with Crippen molar-refractivity contribution < 1.29 is 14.3 Å². The first-order valence-corrected chi connectivity index (χ1v) is 16.5. The standard InChI is InChI=1S/C25H35ClN6O3Si/c1-18-10-11-20(15-31(18)25(33)35-16-19-8-6-5-7-9-19)28-22-21-14-27-32(23(21)30-24(26)29-22)17-34-12-13-36(2,3)4/h5-9,14,18,20H,10-13,15-17H2,1-4H3,(H,28,29,30)/t18-,20+/m0/s1. The van der Waals surface area contributed by atoms with Crippen LogP contribution in [0.1, 0.15) is 25.3 Å². The molecule has 0 saturated carbocycles. The Morgan fingerprint density at radius 3 is 2.72 bits per heavy atom. The van der Waals surface area contributed by atoms with Gasteiger partial charge in [-0.25, -0.2) is 9.48 Å². The summed E-state index contributed by atoms with van der Waals surface area (Å²) in [6.07, 6.45) is 3.16. The molecule has 3 aromatic rings. The van der Waals surface area contributed by atoms with Crippen LogP contribution in [-0.4, -0.2) is 64.1 Å². The van der Waals surface area contributed by atoms with E-state index in [2.05, 4.69) is 40.0 Å². The Bertz CT molecular complexity index is 1170. The van der Waals surface area contributed by atoms with Gasteiger partial charge in [0.25, 0.3) is 0 Å². The van der Waals surface area contributed by atoms with Gasteiger partial charge in [0.05, 0.1) is 11.6 Å². The summed E-state index contributed by atoms with van der Waals surface area (Å²) in [5.74, 6) is 0.607. The third-order valence-electron chi connectivity index (χ3n) is 6.34. The number of carbonyl (C=O) groups excluding carboxylic acids is 1. The number of anilines is 1. The van der Waals surface area contributed by atoms with Crippen LogP contribution in [0.15, 0.2) is 36.5 Å². The molecule has 3 heterocycles. The molecule has 1 aliphatic rings. The first kappa shape index (κ1) is 26.4. The fourth-order valence-electron chi connectivity index (χ4n) is 4.14. The number of likely N-dealkylation sites (tertiary alicyclic amines) is 1. The summed E-state index contributed by atoms with van der Waals surface area (Å²) in [5.41, 5.74) is 1.58. The molecule has 36 heavy (non-hydrogen) atoms. The van der Waals surface area contributed by atoms with Crippen molar-refractivity contribution in [2.24, 2.45) is 0 Å². The van der Waals surface area contributed by atoms with Crippen molar-refractivity contribution in [2.45, 2.75) is 70.9 Å². The van der Waals surface area contributed by atoms with E-state index >= 15 is 0 Å². The number of carbonyl (C=O) groups is 1. The Balaban J connectivity index is 1.40. The summed E-state index contributed by atoms with van der Waals surface area (Å²) < 4.78 is 13.1. The van der Waals surface area contributed by atoms with Gasteiger partial charge in [-0.1, -0.05) is 50.0 Å². The van der Waals surface area contributed by atoms with E-state index in [0.29, 0.717) is 31.3 Å². The normalized spacial score (nSPS) is 18.4. The van der Waals surface area contributed by atoms with Crippen molar-refractivity contribution in [1.82, 2.24) is 24.6 Å². The van der Waals surface area contributed by atoms with E-state index < -0.39 is 8.07 Å². The van der Waals surface area contributed by atoms with E-state index in [1.54, 1.807) is 15.8 Å². The Kier molecular flexibility index (Phi) is 8.48. The number of aromatic nitrogens is 4. The van der Waals surface area contributed by atoms with E-state index in [1.807, 2.05) is 37.3 Å². The van der Waals surface area contributed by atoms with Crippen LogP contribution in [0.25, 0.3) is 11.0 Å². The predicted octanol–water partition coefficient (Wildman–Crippen LogP) is 5.39. The maximum absolute atomic E-state index is 12.8. The number of nitrogens with one attached hydrogen (secondary N) is 1. The lowest BCUT2D eigenvalue weighted by atomic mass is 10.00. The quantitative estimate of drug-likeness (QED) is 0.225. The van der Waals surface area contributed by atoms with Crippen LogP contribution in [0.3, 0.4) is 0 Å². The molecule has 2 aromatic heterocycles. The minimum atomic E-state index is -1.17. The van der Waals surface area contributed by atoms with Crippen LogP contribution in [0, 0.1) is 0 Å². The zero-order valence-corrected chi connectivity index (χ0v) is 23.2. The van der Waals surface area contributed by atoms with Gasteiger partial charge in [-0.15, -0.1) is 0 Å². The number of hydrogen-bond acceptors (Lipinski definition) is 7. The van der Waals surface area contributed by atoms with Gasteiger partial charge in [-0.05, 0) is 43.0 Å². The summed E-state index contributed by atoms with van der Waals surface area (Å²) in [6.45, 7) is 10.8. The molecule has 1 amide bonds. The summed E-state index contributed by atoms with van der Waals surface area (Å²) >= 11 is 6.27. The molecule has 1 saturated heterocycles. The van der Waals surface area contributed by atoms with Crippen LogP contribution in [0.5, 0.6) is 0 Å². The van der Waals surface area contributed by atoms with E-state index in [1.165, 1.54) is 0 Å². The highest BCUT2D eigenvalue weighted by Crippen LogP contribution is 2.26. The van der Waals surface area contributed by atoms with Gasteiger partial charge in [0.1, 0.15) is 19.2 Å². The zero-order valence-electron chi connectivity index (χ0n) is 21.4. The van der Waals surface area contributed by atoms with Gasteiger partial charge in [0.15, 0.2) is 5.65 Å². The molecule has 0 unspecified atom stereocenters. The van der Waals surface area contributed by atoms with Crippen molar-refractivity contribution in [2.75, 3.05) is 18.5 Å². The van der Waals surface area contributed by atoms with E-state index in [9.17, 15) is 4.79 Å². The van der Waals surface area contributed by atoms with Crippen LogP contribution in [0.2, 0.25) is 31.0 Å². The Hall–Kier alpha value is -2.69. The van der Waals surface area contributed by atoms with Gasteiger partial charge in [-0.2, -0.15) is 15.1 Å². The highest BCUT2D eigenvalue weighted by molar-refractivity contribution is 6.76. The predicted molar refractivity (Wildman–Crippen MR) is 144 cm³/mol. The molecule has 194 valence electrons. The van der Waals surface area contributed by atoms with Gasteiger partial charge < -0.3 is 19.7 Å². The Labute approximate surface area is 218 Å². The molecule has 9 nitrogen and oxygen atoms in total. The van der Waals surface area contributed by atoms with Crippen LogP contribution >= 0.6 is 11.6 Å². The maximum atomic E-state index is 12.8. The number of hydrogen-bond donors (Lipinski definition) is 1. The maximum Gasteiger partial charge on any atom is 0.410 e. The van der Waals surface area contributed by atoms with Crippen molar-refractivity contribution in [3.8, 4) is 0 Å². The lowest BCUT2D eigenvalue weighted by Gasteiger charge is -2.37. The molecule has 11 heteroatoms. The van der Waals surface area contributed by atoms with Gasteiger partial charge in [-0.3, -0.25) is 0 Å². The number of rotatable bonds is 9. The molecule has 1 aliphatic heterocycles. The molecule has 2 atom stereocenters. The second-order valence-corrected chi connectivity index (χ2v) is 16.5. The number of halogens is 1. The van der Waals surface area contributed by atoms with Crippen molar-refractivity contribution in [1.29, 1.82) is 0 Å². The molecule has 1 fully saturated rings. The molecule has 0 radical (unpaired) electrons. The van der Waals surface area contributed by atoms with E-state index in [0.717, 1.165) is 29.8 Å². The second-order valence-electron chi connectivity index (χ2n) is 10.5. The van der Waals surface area contributed by atoms with Crippen molar-refractivity contribution in [3.63, 3.8) is 0 Å². The average Bonchev–Trinajstić information content (AvgIpc) is 3.24. The molecule has 1 N–H and O–H groups in total. The fourth-order valence-corrected chi connectivity index (χ4v) is 5.06. The summed E-state index contributed by atoms with van der Waals surface area (Å²) in [4.78, 5) is 23.4. The highest BCUT2D eigenvalue weighted by Gasteiger charge is 2.31. The summed E-state index contributed by atoms with van der Waals surface area (Å²) in [6, 6.07) is 10.9. The fraction of sp³-hybridized carbons (Fsp3) is 0.520. The zero-order chi connectivity index (χ0) is 25.7. The largest absolute Gasteiger partial charge is 0.445 e. The number of ether oxygens (including phenoxy) is 2. The number of fused-ring (bicyclic) bond motifs is 1. The smallest absolute Gasteiger partial charge is 0.410 e. The summed E-state index contributed by atoms with van der Waals surface area (Å²) in [5, 5.41) is 8.83. The highest BCUT2D eigenvalue weighted by atomic mass is 35.5. The first-order valence-electron chi connectivity index (χ1n) is 12.4. The van der Waals surface area contributed by atoms with Crippen LogP contribution in [-0.2, 0) is 22.8 Å². The number of amides is 1. The topological polar surface area (TPSA) is 94.4 Å². The average molecular weight is 531 g/mol. The minimum Gasteiger partial charge on any atom is -0.445 e. The van der Waals surface area contributed by atoms with Crippen LogP contribution < -0.4 is 5.32 Å². The van der Waals surface area contributed by atoms with E-state index in [4.69, 9.17) is 21.1 Å². The molecule has 0 spiro atoms. The summed E-state index contributed by atoms with van der Waals surface area (Å²) in [7, 11) is -1.17. The monoisotopic (exact) mass is 530 g/mol. The lowest BCUT2D eigenvalue weighted by molar-refractivity contribution is 0.0696. The number of piperidine rings is 1. The van der Waals surface area contributed by atoms with Gasteiger partial charge >= 0.3 is 6.09 Å². The van der Waals surface area contributed by atoms with Crippen molar-refractivity contribution >= 4 is 42.6 Å². The Morgan fingerprint density at radius 1 is 1.19 bits per heavy atom. The van der Waals surface area contributed by atoms with Crippen LogP contribution in [0.4, 0.5) is 10.6 Å². The molecule has 0 bridgehead atoms. The lowest BCUT2D eigenvalue weighted by Crippen LogP contribution is -2.49. The molecule has 1 aromatic carbocycles. The number of benzene rings is 1. The van der Waals surface area contributed by atoms with Crippen molar-refractivity contribution in [3.05, 3.63) is 47.4 Å². The molecular formula is C25H35ClN6O3Si. The SMILES string of the molecule is C[C@H]1CC[C@@H](Nc2nc(Cl)nc3c2cnn3COCC[Si](C)(C)C)CN1C(=O)OCc1ccccc1. The molecular weight excluding hydrogens is 496 g/mol. The molecule has 4 rings (SSSR count). The van der Waals surface area contributed by atoms with E-state index in [-0.39, 0.29) is 30.1 Å². The number of nitrogens with zero attached hydrogens (tertiary/aromatic N) is 5. The first-order chi connectivity index (χ1) is 17.2.